The number of alkyl halides is 1. The fourth-order valence-corrected chi connectivity index (χ4v) is 3.12. The van der Waals surface area contributed by atoms with Crippen molar-refractivity contribution in [2.75, 3.05) is 7.05 Å². The summed E-state index contributed by atoms with van der Waals surface area (Å²) in [6, 6.07) is 0. The van der Waals surface area contributed by atoms with Gasteiger partial charge in [-0.1, -0.05) is 22.6 Å². The lowest BCUT2D eigenvalue weighted by Crippen LogP contribution is -2.27. The number of amidine groups is 1. The minimum atomic E-state index is 0.446. The summed E-state index contributed by atoms with van der Waals surface area (Å²) in [5.41, 5.74) is 2.49. The molecule has 1 atom stereocenters. The molecule has 2 heterocycles. The van der Waals surface area contributed by atoms with Crippen LogP contribution in [0.4, 0.5) is 5.69 Å². The Labute approximate surface area is 89.4 Å². The van der Waals surface area contributed by atoms with Crippen LogP contribution in [0.2, 0.25) is 0 Å². The normalized spacial score (nSPS) is 22.1. The fourth-order valence-electron chi connectivity index (χ4n) is 1.20. The number of hydrogen-bond acceptors (Lipinski definition) is 3. The van der Waals surface area contributed by atoms with Gasteiger partial charge in [-0.25, -0.2) is 4.99 Å². The van der Waals surface area contributed by atoms with Gasteiger partial charge in [0.2, 0.25) is 0 Å². The second-order valence-electron chi connectivity index (χ2n) is 2.82. The van der Waals surface area contributed by atoms with E-state index in [2.05, 4.69) is 50.3 Å². The lowest BCUT2D eigenvalue weighted by molar-refractivity contribution is 0.496. The van der Waals surface area contributed by atoms with E-state index < -0.39 is 0 Å². The maximum Gasteiger partial charge on any atom is 0.110 e. The second-order valence-corrected chi connectivity index (χ2v) is 4.74. The molecule has 1 unspecified atom stereocenters. The quantitative estimate of drug-likeness (QED) is 0.407. The highest BCUT2D eigenvalue weighted by molar-refractivity contribution is 14.1. The molecule has 2 nitrogen and oxygen atoms in total. The Morgan fingerprint density at radius 2 is 2.33 bits per heavy atom. The van der Waals surface area contributed by atoms with Gasteiger partial charge in [0.25, 0.3) is 0 Å². The number of fused-ring (bicyclic) bond motifs is 1. The monoisotopic (exact) mass is 292 g/mol. The Morgan fingerprint density at radius 1 is 1.58 bits per heavy atom. The predicted molar refractivity (Wildman–Crippen MR) is 61.6 cm³/mol. The molecule has 0 N–H and O–H groups in total. The van der Waals surface area contributed by atoms with Crippen LogP contribution in [0.3, 0.4) is 0 Å². The fraction of sp³-hybridized carbons (Fsp3) is 0.375. The van der Waals surface area contributed by atoms with Gasteiger partial charge < -0.3 is 4.90 Å². The standard InChI is InChI=1S/C8H9IN2S/c1-5-10-7-4-12-3-6(7)8(9)11(5)2/h3-4,8H,1-2H3. The molecule has 0 saturated heterocycles. The van der Waals surface area contributed by atoms with Gasteiger partial charge in [-0.05, 0) is 12.3 Å². The van der Waals surface area contributed by atoms with Gasteiger partial charge in [-0.15, -0.1) is 11.3 Å². The van der Waals surface area contributed by atoms with Crippen LogP contribution in [0.25, 0.3) is 0 Å². The Morgan fingerprint density at radius 3 is 3.08 bits per heavy atom. The summed E-state index contributed by atoms with van der Waals surface area (Å²) < 4.78 is 0.446. The zero-order valence-electron chi connectivity index (χ0n) is 6.91. The summed E-state index contributed by atoms with van der Waals surface area (Å²) in [5.74, 6) is 1.10. The molecule has 0 fully saturated rings. The number of rotatable bonds is 0. The summed E-state index contributed by atoms with van der Waals surface area (Å²) >= 11 is 4.16. The van der Waals surface area contributed by atoms with E-state index in [1.807, 2.05) is 6.92 Å². The molecular formula is C8H9IN2S. The molecule has 64 valence electrons. The van der Waals surface area contributed by atoms with Gasteiger partial charge in [0.1, 0.15) is 9.88 Å². The zero-order chi connectivity index (χ0) is 8.72. The van der Waals surface area contributed by atoms with E-state index in [1.165, 1.54) is 5.56 Å². The first kappa shape index (κ1) is 8.50. The van der Waals surface area contributed by atoms with Gasteiger partial charge >= 0.3 is 0 Å². The average molecular weight is 292 g/mol. The molecule has 0 spiro atoms. The third-order valence-electron chi connectivity index (χ3n) is 2.06. The molecule has 1 aromatic heterocycles. The van der Waals surface area contributed by atoms with Crippen molar-refractivity contribution in [2.24, 2.45) is 4.99 Å². The van der Waals surface area contributed by atoms with Crippen molar-refractivity contribution in [1.29, 1.82) is 0 Å². The topological polar surface area (TPSA) is 15.6 Å². The zero-order valence-corrected chi connectivity index (χ0v) is 9.89. The summed E-state index contributed by atoms with van der Waals surface area (Å²) in [6.45, 7) is 2.05. The Balaban J connectivity index is 2.53. The SMILES string of the molecule is CC1=Nc2cscc2C(I)N1C. The highest BCUT2D eigenvalue weighted by Crippen LogP contribution is 2.40. The maximum absolute atomic E-state index is 4.49. The molecule has 1 aliphatic heterocycles. The number of hydrogen-bond donors (Lipinski definition) is 0. The van der Waals surface area contributed by atoms with E-state index in [1.54, 1.807) is 11.3 Å². The van der Waals surface area contributed by atoms with Crippen molar-refractivity contribution in [3.8, 4) is 0 Å². The Bertz CT molecular complexity index is 332. The van der Waals surface area contributed by atoms with Crippen molar-refractivity contribution in [3.63, 3.8) is 0 Å². The van der Waals surface area contributed by atoms with Gasteiger partial charge in [-0.3, -0.25) is 0 Å². The first-order chi connectivity index (χ1) is 5.70. The van der Waals surface area contributed by atoms with Crippen LogP contribution >= 0.6 is 33.9 Å². The van der Waals surface area contributed by atoms with E-state index in [9.17, 15) is 0 Å². The number of halogens is 1. The molecule has 4 heteroatoms. The van der Waals surface area contributed by atoms with Crippen molar-refractivity contribution in [3.05, 3.63) is 16.3 Å². The lowest BCUT2D eigenvalue weighted by atomic mass is 10.2. The summed E-state index contributed by atoms with van der Waals surface area (Å²) in [7, 11) is 2.08. The van der Waals surface area contributed by atoms with Crippen LogP contribution in [-0.4, -0.2) is 17.8 Å². The molecule has 0 aliphatic carbocycles. The van der Waals surface area contributed by atoms with Crippen molar-refractivity contribution < 1.29 is 0 Å². The molecular weight excluding hydrogens is 283 g/mol. The van der Waals surface area contributed by atoms with Crippen LogP contribution in [-0.2, 0) is 0 Å². The van der Waals surface area contributed by atoms with Crippen molar-refractivity contribution >= 4 is 45.5 Å². The number of nitrogens with zero attached hydrogens (tertiary/aromatic N) is 2. The van der Waals surface area contributed by atoms with Crippen molar-refractivity contribution in [2.45, 2.75) is 11.0 Å². The highest BCUT2D eigenvalue weighted by atomic mass is 127. The van der Waals surface area contributed by atoms with Crippen LogP contribution in [0.5, 0.6) is 0 Å². The summed E-state index contributed by atoms with van der Waals surface area (Å²) in [5, 5.41) is 4.29. The molecule has 1 aromatic rings. The molecule has 0 aromatic carbocycles. The largest absolute Gasteiger partial charge is 0.347 e. The van der Waals surface area contributed by atoms with Gasteiger partial charge in [0.05, 0.1) is 5.69 Å². The minimum absolute atomic E-state index is 0.446. The third-order valence-corrected chi connectivity index (χ3v) is 4.32. The first-order valence-corrected chi connectivity index (χ1v) is 5.87. The molecule has 0 radical (unpaired) electrons. The second kappa shape index (κ2) is 2.99. The summed E-state index contributed by atoms with van der Waals surface area (Å²) in [6.07, 6.45) is 0. The minimum Gasteiger partial charge on any atom is -0.347 e. The van der Waals surface area contributed by atoms with Crippen LogP contribution in [0.15, 0.2) is 15.8 Å². The van der Waals surface area contributed by atoms with E-state index in [0.29, 0.717) is 4.05 Å². The van der Waals surface area contributed by atoms with Gasteiger partial charge in [0, 0.05) is 18.0 Å². The lowest BCUT2D eigenvalue weighted by Gasteiger charge is -2.28. The predicted octanol–water partition coefficient (Wildman–Crippen LogP) is 3.18. The Kier molecular flexibility index (Phi) is 2.12. The van der Waals surface area contributed by atoms with E-state index >= 15 is 0 Å². The van der Waals surface area contributed by atoms with Crippen LogP contribution < -0.4 is 0 Å². The van der Waals surface area contributed by atoms with Gasteiger partial charge in [0.15, 0.2) is 0 Å². The van der Waals surface area contributed by atoms with E-state index in [-0.39, 0.29) is 0 Å². The molecule has 0 bridgehead atoms. The maximum atomic E-state index is 4.49. The number of aliphatic imine (C=N–C) groups is 1. The van der Waals surface area contributed by atoms with Crippen LogP contribution in [0, 0.1) is 0 Å². The molecule has 12 heavy (non-hydrogen) atoms. The smallest absolute Gasteiger partial charge is 0.110 e. The molecule has 1 aliphatic rings. The van der Waals surface area contributed by atoms with Crippen molar-refractivity contribution in [1.82, 2.24) is 4.90 Å². The summed E-state index contributed by atoms with van der Waals surface area (Å²) in [4.78, 5) is 6.68. The number of thiophene rings is 1. The van der Waals surface area contributed by atoms with Gasteiger partial charge in [-0.2, -0.15) is 0 Å². The highest BCUT2D eigenvalue weighted by Gasteiger charge is 2.22. The van der Waals surface area contributed by atoms with E-state index in [0.717, 1.165) is 11.5 Å². The average Bonchev–Trinajstić information content (AvgIpc) is 2.48. The Hall–Kier alpha value is -0.100. The molecule has 0 amide bonds. The van der Waals surface area contributed by atoms with E-state index in [4.69, 9.17) is 0 Å². The third kappa shape index (κ3) is 1.17. The molecule has 0 saturated carbocycles. The first-order valence-electron chi connectivity index (χ1n) is 3.68. The van der Waals surface area contributed by atoms with Crippen LogP contribution in [0.1, 0.15) is 16.5 Å². The molecule has 2 rings (SSSR count).